The molecular formula is C22H24Cl2N2O2S. The van der Waals surface area contributed by atoms with Crippen molar-refractivity contribution in [3.05, 3.63) is 64.8 Å². The summed E-state index contributed by atoms with van der Waals surface area (Å²) in [5.74, 6) is 0.355. The van der Waals surface area contributed by atoms with Crippen LogP contribution >= 0.6 is 23.2 Å². The summed E-state index contributed by atoms with van der Waals surface area (Å²) >= 11 is 13.1. The maximum atomic E-state index is 13.5. The standard InChI is InChI=1S/C22H24Cl2N2O2S/c1-14(2)15-7-9-16(10-8-15)29(27,28)26-12-18(17-11-25(3)13-20(17)24)22-19(23)5-4-6-21(22)26/h4-10,12,14,17,20H,11,13H2,1-3H3. The average molecular weight is 451 g/mol. The summed E-state index contributed by atoms with van der Waals surface area (Å²) in [6.07, 6.45) is 1.71. The van der Waals surface area contributed by atoms with E-state index in [4.69, 9.17) is 23.2 Å². The fourth-order valence-corrected chi connectivity index (χ4v) is 6.20. The first-order valence-corrected chi connectivity index (χ1v) is 11.9. The molecule has 154 valence electrons. The zero-order valence-corrected chi connectivity index (χ0v) is 19.0. The van der Waals surface area contributed by atoms with Gasteiger partial charge in [0.05, 0.1) is 20.8 Å². The molecule has 1 saturated heterocycles. The van der Waals surface area contributed by atoms with Crippen molar-refractivity contribution in [1.82, 2.24) is 8.87 Å². The van der Waals surface area contributed by atoms with E-state index in [1.165, 1.54) is 3.97 Å². The van der Waals surface area contributed by atoms with E-state index in [0.717, 1.165) is 29.6 Å². The molecule has 2 atom stereocenters. The SMILES string of the molecule is CC(C)c1ccc(S(=O)(=O)n2cc(C3CN(C)CC3Cl)c3c(Cl)cccc32)cc1. The number of benzene rings is 2. The highest BCUT2D eigenvalue weighted by atomic mass is 35.5. The maximum absolute atomic E-state index is 13.5. The maximum Gasteiger partial charge on any atom is 0.268 e. The van der Waals surface area contributed by atoms with Crippen molar-refractivity contribution in [3.63, 3.8) is 0 Å². The zero-order valence-electron chi connectivity index (χ0n) is 16.6. The number of alkyl halides is 1. The van der Waals surface area contributed by atoms with Gasteiger partial charge < -0.3 is 4.90 Å². The third-order valence-electron chi connectivity index (χ3n) is 5.71. The van der Waals surface area contributed by atoms with Crippen molar-refractivity contribution < 1.29 is 8.42 Å². The summed E-state index contributed by atoms with van der Waals surface area (Å²) in [5, 5.41) is 1.21. The van der Waals surface area contributed by atoms with Crippen molar-refractivity contribution in [1.29, 1.82) is 0 Å². The Labute approximate surface area is 182 Å². The van der Waals surface area contributed by atoms with E-state index in [1.54, 1.807) is 36.5 Å². The van der Waals surface area contributed by atoms with Crippen molar-refractivity contribution in [2.75, 3.05) is 20.1 Å². The Morgan fingerprint density at radius 3 is 2.34 bits per heavy atom. The quantitative estimate of drug-likeness (QED) is 0.506. The molecule has 0 radical (unpaired) electrons. The van der Waals surface area contributed by atoms with Gasteiger partial charge in [-0.1, -0.05) is 43.6 Å². The molecule has 0 amide bonds. The fourth-order valence-electron chi connectivity index (χ4n) is 4.10. The first kappa shape index (κ1) is 20.7. The summed E-state index contributed by atoms with van der Waals surface area (Å²) in [6, 6.07) is 12.5. The van der Waals surface area contributed by atoms with Gasteiger partial charge in [-0.15, -0.1) is 11.6 Å². The smallest absolute Gasteiger partial charge is 0.268 e. The highest BCUT2D eigenvalue weighted by Crippen LogP contribution is 2.40. The van der Waals surface area contributed by atoms with Crippen LogP contribution < -0.4 is 0 Å². The number of hydrogen-bond acceptors (Lipinski definition) is 3. The molecule has 2 unspecified atom stereocenters. The minimum atomic E-state index is -3.76. The molecule has 0 saturated carbocycles. The molecule has 2 heterocycles. The highest BCUT2D eigenvalue weighted by Gasteiger charge is 2.34. The summed E-state index contributed by atoms with van der Waals surface area (Å²) in [5.41, 5.74) is 2.57. The molecule has 2 aromatic carbocycles. The van der Waals surface area contributed by atoms with Crippen LogP contribution in [0.15, 0.2) is 53.6 Å². The van der Waals surface area contributed by atoms with Gasteiger partial charge in [0.25, 0.3) is 10.0 Å². The lowest BCUT2D eigenvalue weighted by Gasteiger charge is -2.12. The summed E-state index contributed by atoms with van der Waals surface area (Å²) in [4.78, 5) is 2.41. The molecule has 0 N–H and O–H groups in total. The predicted molar refractivity (Wildman–Crippen MR) is 120 cm³/mol. The molecule has 0 bridgehead atoms. The van der Waals surface area contributed by atoms with Crippen LogP contribution in [-0.2, 0) is 10.0 Å². The topological polar surface area (TPSA) is 42.3 Å². The van der Waals surface area contributed by atoms with Crippen molar-refractivity contribution in [2.45, 2.75) is 36.0 Å². The summed E-state index contributed by atoms with van der Waals surface area (Å²) < 4.78 is 28.3. The van der Waals surface area contributed by atoms with Crippen LogP contribution in [0.3, 0.4) is 0 Å². The Morgan fingerprint density at radius 2 is 1.76 bits per heavy atom. The number of fused-ring (bicyclic) bond motifs is 1. The number of aromatic nitrogens is 1. The number of hydrogen-bond donors (Lipinski definition) is 0. The van der Waals surface area contributed by atoms with Crippen LogP contribution in [0, 0.1) is 0 Å². The molecule has 0 aliphatic carbocycles. The zero-order chi connectivity index (χ0) is 20.9. The Balaban J connectivity index is 1.89. The van der Waals surface area contributed by atoms with Gasteiger partial charge in [0, 0.05) is 30.6 Å². The van der Waals surface area contributed by atoms with Crippen LogP contribution in [0.1, 0.15) is 36.8 Å². The van der Waals surface area contributed by atoms with Crippen LogP contribution in [0.4, 0.5) is 0 Å². The Kier molecular flexibility index (Phi) is 5.45. The van der Waals surface area contributed by atoms with Gasteiger partial charge in [0.15, 0.2) is 0 Å². The molecule has 1 aliphatic rings. The number of halogens is 2. The lowest BCUT2D eigenvalue weighted by Crippen LogP contribution is -2.13. The summed E-state index contributed by atoms with van der Waals surface area (Å²) in [7, 11) is -1.75. The van der Waals surface area contributed by atoms with Crippen LogP contribution in [0.5, 0.6) is 0 Å². The second kappa shape index (κ2) is 7.62. The van der Waals surface area contributed by atoms with Gasteiger partial charge in [-0.3, -0.25) is 0 Å². The van der Waals surface area contributed by atoms with E-state index in [0.29, 0.717) is 16.5 Å². The van der Waals surface area contributed by atoms with E-state index in [-0.39, 0.29) is 16.2 Å². The first-order chi connectivity index (χ1) is 13.7. The van der Waals surface area contributed by atoms with E-state index in [1.807, 2.05) is 19.2 Å². The molecular weight excluding hydrogens is 427 g/mol. The lowest BCUT2D eigenvalue weighted by atomic mass is 9.97. The fraction of sp³-hybridized carbons (Fsp3) is 0.364. The normalized spacial score (nSPS) is 20.8. The van der Waals surface area contributed by atoms with E-state index < -0.39 is 10.0 Å². The molecule has 0 spiro atoms. The monoisotopic (exact) mass is 450 g/mol. The molecule has 4 rings (SSSR count). The van der Waals surface area contributed by atoms with Crippen LogP contribution in [0.25, 0.3) is 10.9 Å². The molecule has 1 aromatic heterocycles. The van der Waals surface area contributed by atoms with Crippen molar-refractivity contribution in [2.24, 2.45) is 0 Å². The molecule has 29 heavy (non-hydrogen) atoms. The Hall–Kier alpha value is -1.53. The Bertz CT molecular complexity index is 1150. The number of nitrogens with zero attached hydrogens (tertiary/aromatic N) is 2. The first-order valence-electron chi connectivity index (χ1n) is 9.67. The van der Waals surface area contributed by atoms with Gasteiger partial charge in [0.2, 0.25) is 0 Å². The average Bonchev–Trinajstić information content (AvgIpc) is 3.22. The van der Waals surface area contributed by atoms with Crippen molar-refractivity contribution in [3.8, 4) is 0 Å². The Morgan fingerprint density at radius 1 is 1.07 bits per heavy atom. The molecule has 4 nitrogen and oxygen atoms in total. The minimum absolute atomic E-state index is 0.0174. The van der Waals surface area contributed by atoms with E-state index in [2.05, 4.69) is 18.7 Å². The number of likely N-dealkylation sites (N-methyl/N-ethyl adjacent to an activating group) is 1. The van der Waals surface area contributed by atoms with Gasteiger partial charge in [-0.25, -0.2) is 12.4 Å². The van der Waals surface area contributed by atoms with Gasteiger partial charge in [-0.2, -0.15) is 0 Å². The molecule has 1 aliphatic heterocycles. The summed E-state index contributed by atoms with van der Waals surface area (Å²) in [6.45, 7) is 5.69. The van der Waals surface area contributed by atoms with Crippen LogP contribution in [0.2, 0.25) is 5.02 Å². The van der Waals surface area contributed by atoms with Gasteiger partial charge in [0.1, 0.15) is 0 Å². The lowest BCUT2D eigenvalue weighted by molar-refractivity contribution is 0.412. The van der Waals surface area contributed by atoms with E-state index in [9.17, 15) is 8.42 Å². The van der Waals surface area contributed by atoms with Gasteiger partial charge in [-0.05, 0) is 48.4 Å². The second-order valence-electron chi connectivity index (χ2n) is 8.09. The third-order valence-corrected chi connectivity index (χ3v) is 8.15. The largest absolute Gasteiger partial charge is 0.304 e. The van der Waals surface area contributed by atoms with E-state index >= 15 is 0 Å². The molecule has 7 heteroatoms. The highest BCUT2D eigenvalue weighted by molar-refractivity contribution is 7.90. The number of likely N-dealkylation sites (tertiary alicyclic amines) is 1. The predicted octanol–water partition coefficient (Wildman–Crippen LogP) is 5.29. The van der Waals surface area contributed by atoms with Crippen molar-refractivity contribution >= 4 is 44.1 Å². The third kappa shape index (κ3) is 3.59. The van der Waals surface area contributed by atoms with Crippen LogP contribution in [-0.4, -0.2) is 42.8 Å². The molecule has 3 aromatic rings. The second-order valence-corrected chi connectivity index (χ2v) is 10.9. The minimum Gasteiger partial charge on any atom is -0.304 e. The number of rotatable bonds is 4. The van der Waals surface area contributed by atoms with Gasteiger partial charge >= 0.3 is 0 Å². The molecule has 1 fully saturated rings.